The lowest BCUT2D eigenvalue weighted by Crippen LogP contribution is -2.27. The van der Waals surface area contributed by atoms with E-state index in [0.717, 1.165) is 17.7 Å². The predicted octanol–water partition coefficient (Wildman–Crippen LogP) is 4.12. The monoisotopic (exact) mass is 418 g/mol. The van der Waals surface area contributed by atoms with Crippen molar-refractivity contribution in [2.45, 2.75) is 24.6 Å². The molecular formula is C20H17F3N4OS. The maximum atomic E-state index is 12.9. The van der Waals surface area contributed by atoms with Crippen LogP contribution in [0.25, 0.3) is 0 Å². The van der Waals surface area contributed by atoms with E-state index in [-0.39, 0.29) is 17.8 Å². The Morgan fingerprint density at radius 1 is 1.03 bits per heavy atom. The number of hydrogen-bond acceptors (Lipinski definition) is 4. The van der Waals surface area contributed by atoms with Gasteiger partial charge in [-0.2, -0.15) is 13.2 Å². The molecule has 1 unspecified atom stereocenters. The van der Waals surface area contributed by atoms with Gasteiger partial charge in [0.05, 0.1) is 24.1 Å². The largest absolute Gasteiger partial charge is 0.416 e. The average Bonchev–Trinajstić information content (AvgIpc) is 3.29. The van der Waals surface area contributed by atoms with Gasteiger partial charge in [0.25, 0.3) is 0 Å². The fourth-order valence-electron chi connectivity index (χ4n) is 3.19. The van der Waals surface area contributed by atoms with Crippen molar-refractivity contribution in [3.05, 3.63) is 83.2 Å². The summed E-state index contributed by atoms with van der Waals surface area (Å²) in [4.78, 5) is 14.1. The summed E-state index contributed by atoms with van der Waals surface area (Å²) < 4.78 is 40.2. The summed E-state index contributed by atoms with van der Waals surface area (Å²) >= 11 is 1.47. The molecule has 1 fully saturated rings. The number of carbonyl (C=O) groups excluding carboxylic acids is 1. The Balaban J connectivity index is 1.50. The maximum Gasteiger partial charge on any atom is 0.416 e. The molecule has 9 heteroatoms. The molecule has 0 saturated carbocycles. The summed E-state index contributed by atoms with van der Waals surface area (Å²) in [6.45, 7) is 0.638. The smallest absolute Gasteiger partial charge is 0.320 e. The molecule has 0 bridgehead atoms. The van der Waals surface area contributed by atoms with E-state index in [4.69, 9.17) is 0 Å². The van der Waals surface area contributed by atoms with Gasteiger partial charge >= 0.3 is 6.18 Å². The third-order valence-electron chi connectivity index (χ3n) is 4.57. The van der Waals surface area contributed by atoms with Crippen molar-refractivity contribution in [1.82, 2.24) is 19.9 Å². The molecule has 150 valence electrons. The van der Waals surface area contributed by atoms with E-state index in [1.165, 1.54) is 22.5 Å². The first-order valence-corrected chi connectivity index (χ1v) is 9.96. The van der Waals surface area contributed by atoms with Gasteiger partial charge in [-0.3, -0.25) is 4.79 Å². The van der Waals surface area contributed by atoms with E-state index in [9.17, 15) is 18.0 Å². The number of hydrogen-bond donors (Lipinski definition) is 0. The topological polar surface area (TPSA) is 51.0 Å². The number of benzene rings is 2. The molecule has 0 aliphatic carbocycles. The fraction of sp³-hybridized carbons (Fsp3) is 0.250. The molecule has 2 aromatic carbocycles. The lowest BCUT2D eigenvalue weighted by atomic mass is 10.1. The van der Waals surface area contributed by atoms with Crippen molar-refractivity contribution < 1.29 is 18.0 Å². The Morgan fingerprint density at radius 2 is 1.79 bits per heavy atom. The van der Waals surface area contributed by atoms with Crippen molar-refractivity contribution in [2.24, 2.45) is 0 Å². The molecule has 1 aliphatic rings. The Labute approximate surface area is 169 Å². The number of halogens is 3. The maximum absolute atomic E-state index is 12.9. The molecule has 1 aromatic heterocycles. The summed E-state index contributed by atoms with van der Waals surface area (Å²) in [6, 6.07) is 14.8. The van der Waals surface area contributed by atoms with Crippen LogP contribution in [0.5, 0.6) is 0 Å². The summed E-state index contributed by atoms with van der Waals surface area (Å²) in [5.74, 6) is 0.383. The van der Waals surface area contributed by atoms with Crippen LogP contribution in [0.15, 0.2) is 60.8 Å². The number of thioether (sulfide) groups is 1. The Bertz CT molecular complexity index is 1010. The second-order valence-electron chi connectivity index (χ2n) is 6.71. The number of carbonyl (C=O) groups is 1. The molecule has 4 rings (SSSR count). The van der Waals surface area contributed by atoms with Crippen molar-refractivity contribution in [1.29, 1.82) is 0 Å². The zero-order valence-electron chi connectivity index (χ0n) is 15.2. The van der Waals surface area contributed by atoms with E-state index >= 15 is 0 Å². The molecule has 2 heterocycles. The third kappa shape index (κ3) is 4.45. The molecule has 1 saturated heterocycles. The van der Waals surface area contributed by atoms with Crippen molar-refractivity contribution >= 4 is 17.7 Å². The van der Waals surface area contributed by atoms with Gasteiger partial charge in [-0.05, 0) is 23.3 Å². The first kappa shape index (κ1) is 19.5. The quantitative estimate of drug-likeness (QED) is 0.626. The number of rotatable bonds is 5. The highest BCUT2D eigenvalue weighted by molar-refractivity contribution is 8.00. The Morgan fingerprint density at radius 3 is 2.55 bits per heavy atom. The molecule has 3 aromatic rings. The summed E-state index contributed by atoms with van der Waals surface area (Å²) in [6.07, 6.45) is -2.70. The lowest BCUT2D eigenvalue weighted by Gasteiger charge is -2.22. The Hall–Kier alpha value is -2.81. The summed E-state index contributed by atoms with van der Waals surface area (Å²) in [7, 11) is 0. The second kappa shape index (κ2) is 7.90. The van der Waals surface area contributed by atoms with Crippen LogP contribution in [0, 0.1) is 0 Å². The average molecular weight is 418 g/mol. The van der Waals surface area contributed by atoms with Crippen LogP contribution in [0.3, 0.4) is 0 Å². The number of nitrogens with zero attached hydrogens (tertiary/aromatic N) is 4. The lowest BCUT2D eigenvalue weighted by molar-refractivity contribution is -0.137. The van der Waals surface area contributed by atoms with Gasteiger partial charge < -0.3 is 4.90 Å². The van der Waals surface area contributed by atoms with Crippen molar-refractivity contribution in [3.8, 4) is 0 Å². The first-order valence-electron chi connectivity index (χ1n) is 8.91. The van der Waals surface area contributed by atoms with Gasteiger partial charge in [0.2, 0.25) is 5.91 Å². The van der Waals surface area contributed by atoms with E-state index in [0.29, 0.717) is 23.6 Å². The SMILES string of the molecule is O=C1CSC(c2cn(Cc3cccc(C(F)(F)F)c3)nn2)N1Cc1ccccc1. The van der Waals surface area contributed by atoms with Gasteiger partial charge in [-0.15, -0.1) is 16.9 Å². The van der Waals surface area contributed by atoms with E-state index in [1.807, 2.05) is 30.3 Å². The Kier molecular flexibility index (Phi) is 5.31. The van der Waals surface area contributed by atoms with Gasteiger partial charge in [0.1, 0.15) is 11.1 Å². The second-order valence-corrected chi connectivity index (χ2v) is 7.78. The van der Waals surface area contributed by atoms with Gasteiger partial charge in [-0.25, -0.2) is 4.68 Å². The van der Waals surface area contributed by atoms with E-state index < -0.39 is 11.7 Å². The van der Waals surface area contributed by atoms with Gasteiger partial charge in [0, 0.05) is 6.54 Å². The minimum Gasteiger partial charge on any atom is -0.320 e. The van der Waals surface area contributed by atoms with Crippen LogP contribution < -0.4 is 0 Å². The highest BCUT2D eigenvalue weighted by Gasteiger charge is 2.35. The third-order valence-corrected chi connectivity index (χ3v) is 5.80. The van der Waals surface area contributed by atoms with Crippen LogP contribution in [-0.2, 0) is 24.1 Å². The molecular weight excluding hydrogens is 401 g/mol. The van der Waals surface area contributed by atoms with E-state index in [1.54, 1.807) is 17.2 Å². The molecule has 1 amide bonds. The molecule has 29 heavy (non-hydrogen) atoms. The summed E-state index contributed by atoms with van der Waals surface area (Å²) in [5.41, 5.74) is 1.42. The fourth-order valence-corrected chi connectivity index (χ4v) is 4.30. The molecule has 0 N–H and O–H groups in total. The van der Waals surface area contributed by atoms with Crippen molar-refractivity contribution in [3.63, 3.8) is 0 Å². The molecule has 0 radical (unpaired) electrons. The highest BCUT2D eigenvalue weighted by atomic mass is 32.2. The standard InChI is InChI=1S/C20H17F3N4OS/c21-20(22,23)16-8-4-7-15(9-16)10-26-12-17(24-25-26)19-27(18(28)13-29-19)11-14-5-2-1-3-6-14/h1-9,12,19H,10-11,13H2. The normalized spacial score (nSPS) is 17.1. The first-order chi connectivity index (χ1) is 13.9. The molecule has 5 nitrogen and oxygen atoms in total. The molecule has 0 spiro atoms. The summed E-state index contributed by atoms with van der Waals surface area (Å²) in [5, 5.41) is 7.95. The van der Waals surface area contributed by atoms with Gasteiger partial charge in [-0.1, -0.05) is 47.7 Å². The van der Waals surface area contributed by atoms with Crippen LogP contribution in [0.4, 0.5) is 13.2 Å². The minimum atomic E-state index is -4.39. The van der Waals surface area contributed by atoms with Crippen LogP contribution >= 0.6 is 11.8 Å². The molecule has 1 atom stereocenters. The highest BCUT2D eigenvalue weighted by Crippen LogP contribution is 2.38. The minimum absolute atomic E-state index is 0.0243. The predicted molar refractivity (Wildman–Crippen MR) is 103 cm³/mol. The van der Waals surface area contributed by atoms with E-state index in [2.05, 4.69) is 10.3 Å². The number of aromatic nitrogens is 3. The van der Waals surface area contributed by atoms with Crippen LogP contribution in [0.2, 0.25) is 0 Å². The van der Waals surface area contributed by atoms with Gasteiger partial charge in [0.15, 0.2) is 0 Å². The zero-order valence-corrected chi connectivity index (χ0v) is 16.0. The van der Waals surface area contributed by atoms with Crippen LogP contribution in [-0.4, -0.2) is 31.6 Å². The number of alkyl halides is 3. The zero-order chi connectivity index (χ0) is 20.4. The molecule has 1 aliphatic heterocycles. The van der Waals surface area contributed by atoms with Crippen molar-refractivity contribution in [2.75, 3.05) is 5.75 Å². The number of amides is 1. The van der Waals surface area contributed by atoms with Crippen LogP contribution in [0.1, 0.15) is 27.8 Å².